The van der Waals surface area contributed by atoms with E-state index in [0.29, 0.717) is 6.04 Å². The molecule has 0 aliphatic heterocycles. The van der Waals surface area contributed by atoms with E-state index in [-0.39, 0.29) is 0 Å². The minimum atomic E-state index is 0.488. The van der Waals surface area contributed by atoms with Crippen LogP contribution >= 0.6 is 0 Å². The van der Waals surface area contributed by atoms with E-state index in [1.807, 2.05) is 13.0 Å². The van der Waals surface area contributed by atoms with Gasteiger partial charge in [0.15, 0.2) is 0 Å². The number of hydrogen-bond donors (Lipinski definition) is 1. The van der Waals surface area contributed by atoms with E-state index in [9.17, 15) is 0 Å². The molecule has 68 valence electrons. The first-order valence-corrected chi connectivity index (χ1v) is 4.56. The Bertz CT molecular complexity index is 312. The van der Waals surface area contributed by atoms with Crippen molar-refractivity contribution in [3.05, 3.63) is 30.1 Å². The second kappa shape index (κ2) is 3.56. The first-order chi connectivity index (χ1) is 6.34. The molecule has 1 aromatic heterocycles. The average Bonchev–Trinajstić information content (AvgIpc) is 2.57. The van der Waals surface area contributed by atoms with Crippen LogP contribution in [0.1, 0.15) is 18.5 Å². The van der Waals surface area contributed by atoms with Gasteiger partial charge >= 0.3 is 0 Å². The van der Waals surface area contributed by atoms with Crippen molar-refractivity contribution in [3.8, 4) is 0 Å². The molecule has 0 bridgehead atoms. The molecule has 0 atom stereocenters. The smallest absolute Gasteiger partial charge is 0.223 e. The number of anilines is 1. The quantitative estimate of drug-likeness (QED) is 0.698. The Morgan fingerprint density at radius 1 is 1.38 bits per heavy atom. The number of aromatic nitrogens is 2. The number of rotatable bonds is 2. The molecule has 0 fully saturated rings. The van der Waals surface area contributed by atoms with Crippen LogP contribution in [0.25, 0.3) is 0 Å². The fraction of sp³-hybridized carbons (Fsp3) is 0.400. The molecule has 3 nitrogen and oxygen atoms in total. The molecule has 1 heterocycles. The predicted molar refractivity (Wildman–Crippen MR) is 52.6 cm³/mol. The minimum Gasteiger partial charge on any atom is -0.351 e. The molecule has 0 aromatic carbocycles. The Balaban J connectivity index is 2.01. The zero-order valence-electron chi connectivity index (χ0n) is 7.70. The molecule has 0 saturated heterocycles. The van der Waals surface area contributed by atoms with Crippen LogP contribution in [-0.4, -0.2) is 16.0 Å². The van der Waals surface area contributed by atoms with Crippen LogP contribution in [0, 0.1) is 6.92 Å². The molecule has 0 unspecified atom stereocenters. The maximum Gasteiger partial charge on any atom is 0.223 e. The van der Waals surface area contributed by atoms with Gasteiger partial charge in [0.25, 0.3) is 0 Å². The van der Waals surface area contributed by atoms with Gasteiger partial charge in [0, 0.05) is 17.9 Å². The third-order valence-electron chi connectivity index (χ3n) is 2.14. The number of hydrogen-bond acceptors (Lipinski definition) is 3. The number of nitrogens with one attached hydrogen (secondary N) is 1. The van der Waals surface area contributed by atoms with Gasteiger partial charge in [0.2, 0.25) is 5.95 Å². The van der Waals surface area contributed by atoms with Crippen molar-refractivity contribution in [2.24, 2.45) is 0 Å². The summed E-state index contributed by atoms with van der Waals surface area (Å²) in [5.74, 6) is 0.744. The molecule has 0 radical (unpaired) electrons. The Labute approximate surface area is 77.9 Å². The molecule has 1 N–H and O–H groups in total. The molecule has 1 aromatic rings. The molecule has 1 aliphatic carbocycles. The summed E-state index contributed by atoms with van der Waals surface area (Å²) in [5.41, 5.74) is 1.00. The second-order valence-corrected chi connectivity index (χ2v) is 3.31. The third kappa shape index (κ3) is 2.05. The molecular weight excluding hydrogens is 162 g/mol. The van der Waals surface area contributed by atoms with E-state index in [0.717, 1.165) is 24.5 Å². The van der Waals surface area contributed by atoms with Crippen molar-refractivity contribution in [2.75, 3.05) is 5.32 Å². The van der Waals surface area contributed by atoms with Crippen molar-refractivity contribution in [1.82, 2.24) is 9.97 Å². The number of aryl methyl sites for hydroxylation is 1. The van der Waals surface area contributed by atoms with Crippen LogP contribution in [0.15, 0.2) is 24.4 Å². The summed E-state index contributed by atoms with van der Waals surface area (Å²) < 4.78 is 0. The summed E-state index contributed by atoms with van der Waals surface area (Å²) >= 11 is 0. The molecule has 1 aliphatic rings. The number of nitrogens with zero attached hydrogens (tertiary/aromatic N) is 2. The van der Waals surface area contributed by atoms with Crippen LogP contribution in [0.4, 0.5) is 5.95 Å². The van der Waals surface area contributed by atoms with Crippen LogP contribution in [0.5, 0.6) is 0 Å². The summed E-state index contributed by atoms with van der Waals surface area (Å²) in [5, 5.41) is 3.30. The van der Waals surface area contributed by atoms with Crippen LogP contribution in [0.2, 0.25) is 0 Å². The maximum absolute atomic E-state index is 4.29. The van der Waals surface area contributed by atoms with Gasteiger partial charge in [0.05, 0.1) is 0 Å². The average molecular weight is 175 g/mol. The van der Waals surface area contributed by atoms with Gasteiger partial charge in [0.1, 0.15) is 0 Å². The Morgan fingerprint density at radius 3 is 2.85 bits per heavy atom. The van der Waals surface area contributed by atoms with Crippen molar-refractivity contribution in [3.63, 3.8) is 0 Å². The Kier molecular flexibility index (Phi) is 2.25. The lowest BCUT2D eigenvalue weighted by Crippen LogP contribution is -2.17. The highest BCUT2D eigenvalue weighted by atomic mass is 15.1. The molecule has 0 saturated carbocycles. The lowest BCUT2D eigenvalue weighted by atomic mass is 10.2. The van der Waals surface area contributed by atoms with Gasteiger partial charge in [-0.3, -0.25) is 0 Å². The van der Waals surface area contributed by atoms with Crippen molar-refractivity contribution in [2.45, 2.75) is 25.8 Å². The normalized spacial score (nSPS) is 16.4. The second-order valence-electron chi connectivity index (χ2n) is 3.31. The first kappa shape index (κ1) is 8.23. The summed E-state index contributed by atoms with van der Waals surface area (Å²) in [6.45, 7) is 1.97. The standard InChI is InChI=1S/C10H13N3/c1-8-6-7-11-10(12-8)13-9-4-2-3-5-9/h2-3,6-7,9H,4-5H2,1H3,(H,11,12,13). The maximum atomic E-state index is 4.29. The van der Waals surface area contributed by atoms with Crippen molar-refractivity contribution in [1.29, 1.82) is 0 Å². The van der Waals surface area contributed by atoms with E-state index in [4.69, 9.17) is 0 Å². The minimum absolute atomic E-state index is 0.488. The molecule has 13 heavy (non-hydrogen) atoms. The molecular formula is C10H13N3. The van der Waals surface area contributed by atoms with Gasteiger partial charge in [-0.05, 0) is 25.8 Å². The van der Waals surface area contributed by atoms with Gasteiger partial charge in [-0.1, -0.05) is 12.2 Å². The van der Waals surface area contributed by atoms with E-state index in [1.165, 1.54) is 0 Å². The summed E-state index contributed by atoms with van der Waals surface area (Å²) in [6.07, 6.45) is 8.32. The fourth-order valence-corrected chi connectivity index (χ4v) is 1.44. The lowest BCUT2D eigenvalue weighted by Gasteiger charge is -2.11. The van der Waals surface area contributed by atoms with Crippen LogP contribution in [-0.2, 0) is 0 Å². The molecule has 3 heteroatoms. The highest BCUT2D eigenvalue weighted by Gasteiger charge is 2.10. The summed E-state index contributed by atoms with van der Waals surface area (Å²) in [4.78, 5) is 8.44. The van der Waals surface area contributed by atoms with Crippen molar-refractivity contribution < 1.29 is 0 Å². The largest absolute Gasteiger partial charge is 0.351 e. The van der Waals surface area contributed by atoms with E-state index >= 15 is 0 Å². The monoisotopic (exact) mass is 175 g/mol. The van der Waals surface area contributed by atoms with Gasteiger partial charge in [-0.2, -0.15) is 0 Å². The van der Waals surface area contributed by atoms with Gasteiger partial charge < -0.3 is 5.32 Å². The van der Waals surface area contributed by atoms with Gasteiger partial charge in [-0.25, -0.2) is 9.97 Å². The SMILES string of the molecule is Cc1ccnc(NC2CC=CC2)n1. The van der Waals surface area contributed by atoms with Gasteiger partial charge in [-0.15, -0.1) is 0 Å². The zero-order chi connectivity index (χ0) is 9.10. The fourth-order valence-electron chi connectivity index (χ4n) is 1.44. The van der Waals surface area contributed by atoms with Crippen molar-refractivity contribution >= 4 is 5.95 Å². The molecule has 2 rings (SSSR count). The Hall–Kier alpha value is -1.38. The van der Waals surface area contributed by atoms with E-state index < -0.39 is 0 Å². The Morgan fingerprint density at radius 2 is 2.15 bits per heavy atom. The highest BCUT2D eigenvalue weighted by molar-refractivity contribution is 5.28. The molecule has 0 spiro atoms. The topological polar surface area (TPSA) is 37.8 Å². The van der Waals surface area contributed by atoms with Crippen LogP contribution in [0.3, 0.4) is 0 Å². The zero-order valence-corrected chi connectivity index (χ0v) is 7.70. The third-order valence-corrected chi connectivity index (χ3v) is 2.14. The predicted octanol–water partition coefficient (Wildman–Crippen LogP) is 1.92. The van der Waals surface area contributed by atoms with E-state index in [1.54, 1.807) is 6.20 Å². The lowest BCUT2D eigenvalue weighted by molar-refractivity contribution is 0.771. The highest BCUT2D eigenvalue weighted by Crippen LogP contribution is 2.13. The molecule has 0 amide bonds. The van der Waals surface area contributed by atoms with E-state index in [2.05, 4.69) is 27.4 Å². The summed E-state index contributed by atoms with van der Waals surface area (Å²) in [7, 11) is 0. The van der Waals surface area contributed by atoms with Crippen LogP contribution < -0.4 is 5.32 Å². The summed E-state index contributed by atoms with van der Waals surface area (Å²) in [6, 6.07) is 2.39. The first-order valence-electron chi connectivity index (χ1n) is 4.56.